The smallest absolute Gasteiger partial charge is 0.238 e. The van der Waals surface area contributed by atoms with Gasteiger partial charge >= 0.3 is 0 Å². The van der Waals surface area contributed by atoms with Crippen molar-refractivity contribution in [1.29, 1.82) is 0 Å². The van der Waals surface area contributed by atoms with E-state index in [-0.39, 0.29) is 24.4 Å². The molecule has 0 spiro atoms. The van der Waals surface area contributed by atoms with E-state index in [9.17, 15) is 4.79 Å². The van der Waals surface area contributed by atoms with Crippen LogP contribution in [0.1, 0.15) is 12.8 Å². The van der Waals surface area contributed by atoms with Crippen LogP contribution >= 0.6 is 12.4 Å². The molecule has 2 aliphatic rings. The van der Waals surface area contributed by atoms with Gasteiger partial charge in [0, 0.05) is 44.3 Å². The zero-order valence-electron chi connectivity index (χ0n) is 14.1. The summed E-state index contributed by atoms with van der Waals surface area (Å²) in [5.74, 6) is 0.451. The van der Waals surface area contributed by atoms with Gasteiger partial charge in [0.1, 0.15) is 6.04 Å². The number of nitrogens with one attached hydrogen (secondary N) is 4. The SMILES string of the molecule is CN(CCCNC(=O)C1NNC2CCNCC21)c1ccccc1.Cl. The van der Waals surface area contributed by atoms with E-state index < -0.39 is 0 Å². The minimum Gasteiger partial charge on any atom is -0.375 e. The lowest BCUT2D eigenvalue weighted by Gasteiger charge is -2.27. The summed E-state index contributed by atoms with van der Waals surface area (Å²) in [6, 6.07) is 10.6. The van der Waals surface area contributed by atoms with Crippen LogP contribution in [0.5, 0.6) is 0 Å². The van der Waals surface area contributed by atoms with Crippen LogP contribution in [0.15, 0.2) is 30.3 Å². The van der Waals surface area contributed by atoms with Crippen molar-refractivity contribution in [3.05, 3.63) is 30.3 Å². The first-order valence-corrected chi connectivity index (χ1v) is 8.51. The second-order valence-electron chi connectivity index (χ2n) is 6.43. The van der Waals surface area contributed by atoms with Gasteiger partial charge in [-0.3, -0.25) is 10.2 Å². The van der Waals surface area contributed by atoms with Crippen molar-refractivity contribution in [3.8, 4) is 0 Å². The zero-order valence-corrected chi connectivity index (χ0v) is 14.9. The van der Waals surface area contributed by atoms with Crippen LogP contribution < -0.4 is 26.4 Å². The number of hydrogen-bond donors (Lipinski definition) is 4. The van der Waals surface area contributed by atoms with Gasteiger partial charge in [-0.2, -0.15) is 0 Å². The highest BCUT2D eigenvalue weighted by Crippen LogP contribution is 2.20. The number of hydrazine groups is 1. The maximum atomic E-state index is 12.4. The molecule has 2 aliphatic heterocycles. The lowest BCUT2D eigenvalue weighted by Crippen LogP contribution is -2.49. The van der Waals surface area contributed by atoms with Crippen molar-refractivity contribution in [2.45, 2.75) is 24.9 Å². The van der Waals surface area contributed by atoms with Gasteiger partial charge in [0.25, 0.3) is 0 Å². The Morgan fingerprint density at radius 2 is 2.08 bits per heavy atom. The molecular formula is C17H28ClN5O. The van der Waals surface area contributed by atoms with Crippen LogP contribution in [0.25, 0.3) is 0 Å². The van der Waals surface area contributed by atoms with Gasteiger partial charge in [0.05, 0.1) is 0 Å². The minimum atomic E-state index is -0.125. The topological polar surface area (TPSA) is 68.4 Å². The van der Waals surface area contributed by atoms with Crippen molar-refractivity contribution in [2.75, 3.05) is 38.1 Å². The molecular weight excluding hydrogens is 326 g/mol. The molecule has 0 aliphatic carbocycles. The van der Waals surface area contributed by atoms with Gasteiger partial charge in [-0.05, 0) is 31.5 Å². The maximum absolute atomic E-state index is 12.4. The quantitative estimate of drug-likeness (QED) is 0.561. The lowest BCUT2D eigenvalue weighted by atomic mass is 9.89. The number of anilines is 1. The van der Waals surface area contributed by atoms with E-state index in [1.165, 1.54) is 5.69 Å². The molecule has 1 amide bonds. The fourth-order valence-electron chi connectivity index (χ4n) is 3.43. The molecule has 0 aromatic heterocycles. The van der Waals surface area contributed by atoms with E-state index in [4.69, 9.17) is 0 Å². The average Bonchev–Trinajstić information content (AvgIpc) is 3.03. The predicted molar refractivity (Wildman–Crippen MR) is 99.4 cm³/mol. The standard InChI is InChI=1S/C17H27N5O.ClH/c1-22(13-6-3-2-4-7-13)11-5-9-19-17(23)16-14-12-18-10-8-15(14)20-21-16;/h2-4,6-7,14-16,18,20-21H,5,8-12H2,1H3,(H,19,23);1H. The van der Waals surface area contributed by atoms with Gasteiger partial charge in [-0.1, -0.05) is 18.2 Å². The Morgan fingerprint density at radius 3 is 2.88 bits per heavy atom. The van der Waals surface area contributed by atoms with E-state index in [1.807, 2.05) is 18.2 Å². The summed E-state index contributed by atoms with van der Waals surface area (Å²) in [6.07, 6.45) is 2.01. The molecule has 3 rings (SSSR count). The highest BCUT2D eigenvalue weighted by molar-refractivity contribution is 5.85. The monoisotopic (exact) mass is 353 g/mol. The third kappa shape index (κ3) is 4.60. The van der Waals surface area contributed by atoms with Crippen molar-refractivity contribution in [3.63, 3.8) is 0 Å². The van der Waals surface area contributed by atoms with Gasteiger partial charge in [-0.15, -0.1) is 12.4 Å². The Morgan fingerprint density at radius 1 is 1.29 bits per heavy atom. The molecule has 7 heteroatoms. The first-order valence-electron chi connectivity index (χ1n) is 8.51. The molecule has 2 fully saturated rings. The number of halogens is 1. The summed E-state index contributed by atoms with van der Waals surface area (Å²) in [5.41, 5.74) is 7.63. The second kappa shape index (κ2) is 9.22. The molecule has 1 aromatic rings. The molecule has 2 saturated heterocycles. The largest absolute Gasteiger partial charge is 0.375 e. The van der Waals surface area contributed by atoms with Crippen LogP contribution in [0.3, 0.4) is 0 Å². The fourth-order valence-corrected chi connectivity index (χ4v) is 3.43. The van der Waals surface area contributed by atoms with Crippen LogP contribution in [0, 0.1) is 5.92 Å². The van der Waals surface area contributed by atoms with E-state index in [0.717, 1.165) is 32.5 Å². The first-order chi connectivity index (χ1) is 11.3. The Labute approximate surface area is 150 Å². The number of benzene rings is 1. The minimum absolute atomic E-state index is 0. The summed E-state index contributed by atoms with van der Waals surface area (Å²) < 4.78 is 0. The number of nitrogens with zero attached hydrogens (tertiary/aromatic N) is 1. The molecule has 6 nitrogen and oxygen atoms in total. The number of fused-ring (bicyclic) bond motifs is 1. The lowest BCUT2D eigenvalue weighted by molar-refractivity contribution is -0.123. The molecule has 0 radical (unpaired) electrons. The number of carbonyl (C=O) groups excluding carboxylic acids is 1. The average molecular weight is 354 g/mol. The molecule has 3 atom stereocenters. The number of hydrogen-bond acceptors (Lipinski definition) is 5. The Kier molecular flexibility index (Phi) is 7.30. The molecule has 4 N–H and O–H groups in total. The summed E-state index contributed by atoms with van der Waals surface area (Å²) in [7, 11) is 2.08. The zero-order chi connectivity index (χ0) is 16.1. The normalized spacial score (nSPS) is 25.5. The van der Waals surface area contributed by atoms with Gasteiger partial charge in [0.15, 0.2) is 0 Å². The molecule has 0 saturated carbocycles. The van der Waals surface area contributed by atoms with Crippen LogP contribution in [-0.4, -0.2) is 51.2 Å². The van der Waals surface area contributed by atoms with E-state index in [0.29, 0.717) is 18.5 Å². The third-order valence-corrected chi connectivity index (χ3v) is 4.83. The molecule has 24 heavy (non-hydrogen) atoms. The molecule has 134 valence electrons. The molecule has 0 bridgehead atoms. The Hall–Kier alpha value is -1.34. The predicted octanol–water partition coefficient (Wildman–Crippen LogP) is 0.505. The van der Waals surface area contributed by atoms with Crippen LogP contribution in [-0.2, 0) is 4.79 Å². The maximum Gasteiger partial charge on any atom is 0.238 e. The highest BCUT2D eigenvalue weighted by atomic mass is 35.5. The van der Waals surface area contributed by atoms with E-state index in [2.05, 4.69) is 45.6 Å². The van der Waals surface area contributed by atoms with Crippen LogP contribution in [0.4, 0.5) is 5.69 Å². The van der Waals surface area contributed by atoms with Gasteiger partial charge in [0.2, 0.25) is 5.91 Å². The van der Waals surface area contributed by atoms with Gasteiger partial charge in [-0.25, -0.2) is 5.43 Å². The first kappa shape index (κ1) is 19.0. The summed E-state index contributed by atoms with van der Waals surface area (Å²) in [5, 5.41) is 6.44. The number of piperidine rings is 1. The molecule has 1 aromatic carbocycles. The van der Waals surface area contributed by atoms with Gasteiger partial charge < -0.3 is 15.5 Å². The van der Waals surface area contributed by atoms with E-state index >= 15 is 0 Å². The number of para-hydroxylation sites is 1. The summed E-state index contributed by atoms with van der Waals surface area (Å²) in [4.78, 5) is 14.6. The van der Waals surface area contributed by atoms with E-state index in [1.54, 1.807) is 0 Å². The highest BCUT2D eigenvalue weighted by Gasteiger charge is 2.40. The Balaban J connectivity index is 0.00000208. The number of rotatable bonds is 6. The van der Waals surface area contributed by atoms with Crippen molar-refractivity contribution in [2.24, 2.45) is 5.92 Å². The number of carbonyl (C=O) groups is 1. The number of amides is 1. The second-order valence-corrected chi connectivity index (χ2v) is 6.43. The van der Waals surface area contributed by atoms with Crippen LogP contribution in [0.2, 0.25) is 0 Å². The van der Waals surface area contributed by atoms with Crippen molar-refractivity contribution >= 4 is 24.0 Å². The third-order valence-electron chi connectivity index (χ3n) is 4.83. The Bertz CT molecular complexity index is 515. The summed E-state index contributed by atoms with van der Waals surface area (Å²) >= 11 is 0. The molecule has 2 heterocycles. The van der Waals surface area contributed by atoms with Crippen molar-refractivity contribution in [1.82, 2.24) is 21.5 Å². The summed E-state index contributed by atoms with van der Waals surface area (Å²) in [6.45, 7) is 3.56. The molecule has 3 unspecified atom stereocenters. The van der Waals surface area contributed by atoms with Crippen molar-refractivity contribution < 1.29 is 4.79 Å². The fraction of sp³-hybridized carbons (Fsp3) is 0.588.